The van der Waals surface area contributed by atoms with E-state index in [-0.39, 0.29) is 0 Å². The van der Waals surface area contributed by atoms with Gasteiger partial charge in [0, 0.05) is 22.6 Å². The molecule has 0 saturated carbocycles. The summed E-state index contributed by atoms with van der Waals surface area (Å²) in [6.45, 7) is 0. The van der Waals surface area contributed by atoms with Gasteiger partial charge < -0.3 is 0 Å². The third-order valence-electron chi connectivity index (χ3n) is 0.247. The van der Waals surface area contributed by atoms with Crippen LogP contribution >= 0.6 is 38.5 Å². The highest BCUT2D eigenvalue weighted by Crippen LogP contribution is 2.32. The van der Waals surface area contributed by atoms with E-state index >= 15 is 0 Å². The molecule has 44 valence electrons. The van der Waals surface area contributed by atoms with E-state index < -0.39 is 9.01 Å². The predicted molar refractivity (Wildman–Crippen MR) is 32.8 cm³/mol. The predicted octanol–water partition coefficient (Wildman–Crippen LogP) is 2.70. The van der Waals surface area contributed by atoms with Gasteiger partial charge in [-0.3, -0.25) is 0 Å². The van der Waals surface area contributed by atoms with Crippen LogP contribution < -0.4 is 0 Å². The lowest BCUT2D eigenvalue weighted by Crippen LogP contribution is -2.14. The second kappa shape index (κ2) is 2.52. The molecule has 0 heterocycles. The van der Waals surface area contributed by atoms with Crippen molar-refractivity contribution in [3.63, 3.8) is 0 Å². The van der Waals surface area contributed by atoms with Crippen LogP contribution in [0.1, 0.15) is 0 Å². The van der Waals surface area contributed by atoms with Crippen LogP contribution in [0.25, 0.3) is 0 Å². The molecule has 0 spiro atoms. The standard InChI is InChI=1S/C2HBrF3I/c3-1(4)2(5,6)7/h1H. The first kappa shape index (κ1) is 8.00. The Bertz CT molecular complexity index is 58.4. The minimum absolute atomic E-state index is 0.711. The zero-order chi connectivity index (χ0) is 6.08. The molecule has 0 bridgehead atoms. The van der Waals surface area contributed by atoms with E-state index in [9.17, 15) is 13.2 Å². The molecule has 1 unspecified atom stereocenters. The first-order chi connectivity index (χ1) is 2.94. The van der Waals surface area contributed by atoms with Crippen molar-refractivity contribution in [2.75, 3.05) is 0 Å². The fourth-order valence-corrected chi connectivity index (χ4v) is 0. The summed E-state index contributed by atoms with van der Waals surface area (Å²) in [4.78, 5) is 0. The third kappa shape index (κ3) is 3.57. The highest BCUT2D eigenvalue weighted by molar-refractivity contribution is 14.1. The Hall–Kier alpha value is 1.00. The van der Waals surface area contributed by atoms with Crippen molar-refractivity contribution in [3.05, 3.63) is 0 Å². The molecule has 0 amide bonds. The monoisotopic (exact) mass is 288 g/mol. The SMILES string of the molecule is FC(Br)C(F)(F)I. The van der Waals surface area contributed by atoms with Crippen LogP contribution in [-0.2, 0) is 0 Å². The lowest BCUT2D eigenvalue weighted by atomic mass is 10.8. The van der Waals surface area contributed by atoms with Crippen molar-refractivity contribution in [3.8, 4) is 0 Å². The maximum absolute atomic E-state index is 11.4. The van der Waals surface area contributed by atoms with E-state index in [1.807, 2.05) is 0 Å². The fraction of sp³-hybridized carbons (Fsp3) is 1.00. The third-order valence-corrected chi connectivity index (χ3v) is 2.23. The molecule has 0 nitrogen and oxygen atoms in total. The van der Waals surface area contributed by atoms with Crippen LogP contribution in [0.15, 0.2) is 0 Å². The molecule has 0 aromatic carbocycles. The van der Waals surface area contributed by atoms with Gasteiger partial charge in [0.25, 0.3) is 0 Å². The summed E-state index contributed by atoms with van der Waals surface area (Å²) in [5, 5.41) is -2.24. The van der Waals surface area contributed by atoms with Crippen LogP contribution in [-0.4, -0.2) is 9.01 Å². The van der Waals surface area contributed by atoms with Crippen LogP contribution in [0.5, 0.6) is 0 Å². The molecule has 0 aromatic heterocycles. The van der Waals surface area contributed by atoms with E-state index in [1.54, 1.807) is 0 Å². The van der Waals surface area contributed by atoms with Gasteiger partial charge in [0.1, 0.15) is 0 Å². The molecule has 7 heavy (non-hydrogen) atoms. The smallest absolute Gasteiger partial charge is 0.227 e. The van der Waals surface area contributed by atoms with E-state index in [2.05, 4.69) is 15.9 Å². The molecule has 0 aliphatic rings. The fourth-order valence-electron chi connectivity index (χ4n) is 0. The van der Waals surface area contributed by atoms with Crippen LogP contribution in [0, 0.1) is 0 Å². The maximum Gasteiger partial charge on any atom is 0.336 e. The van der Waals surface area contributed by atoms with Gasteiger partial charge in [0.2, 0.25) is 5.08 Å². The molecule has 0 saturated heterocycles. The summed E-state index contributed by atoms with van der Waals surface area (Å²) in [6, 6.07) is 0. The number of alkyl halides is 5. The van der Waals surface area contributed by atoms with E-state index in [0.29, 0.717) is 22.6 Å². The van der Waals surface area contributed by atoms with Crippen LogP contribution in [0.3, 0.4) is 0 Å². The molecule has 0 rings (SSSR count). The van der Waals surface area contributed by atoms with Gasteiger partial charge in [-0.25, -0.2) is 4.39 Å². The van der Waals surface area contributed by atoms with Crippen molar-refractivity contribution < 1.29 is 13.2 Å². The summed E-state index contributed by atoms with van der Waals surface area (Å²) in [5.41, 5.74) is 0. The summed E-state index contributed by atoms with van der Waals surface area (Å²) in [6.07, 6.45) is 0. The molecule has 0 N–H and O–H groups in total. The maximum atomic E-state index is 11.4. The first-order valence-corrected chi connectivity index (χ1v) is 3.29. The largest absolute Gasteiger partial charge is 0.336 e. The van der Waals surface area contributed by atoms with Crippen molar-refractivity contribution >= 4 is 38.5 Å². The summed E-state index contributed by atoms with van der Waals surface area (Å²) >= 11 is 2.78. The zero-order valence-electron chi connectivity index (χ0n) is 2.97. The highest BCUT2D eigenvalue weighted by atomic mass is 127. The normalized spacial score (nSPS) is 16.7. The Labute approximate surface area is 60.7 Å². The van der Waals surface area contributed by atoms with Crippen LogP contribution in [0.2, 0.25) is 0 Å². The topological polar surface area (TPSA) is 0 Å². The Morgan fingerprint density at radius 2 is 1.71 bits per heavy atom. The first-order valence-electron chi connectivity index (χ1n) is 1.29. The number of rotatable bonds is 1. The molecule has 1 atom stereocenters. The van der Waals surface area contributed by atoms with Crippen LogP contribution in [0.4, 0.5) is 13.2 Å². The van der Waals surface area contributed by atoms with E-state index in [0.717, 1.165) is 0 Å². The Morgan fingerprint density at radius 3 is 1.71 bits per heavy atom. The van der Waals surface area contributed by atoms with Crippen molar-refractivity contribution in [2.45, 2.75) is 9.01 Å². The summed E-state index contributed by atoms with van der Waals surface area (Å²) < 4.78 is 30.9. The second-order valence-corrected chi connectivity index (χ2v) is 3.08. The molecule has 0 fully saturated rings. The number of hydrogen-bond acceptors (Lipinski definition) is 0. The zero-order valence-corrected chi connectivity index (χ0v) is 6.71. The highest BCUT2D eigenvalue weighted by Gasteiger charge is 2.33. The number of halogens is 5. The quantitative estimate of drug-likeness (QED) is 0.514. The molecule has 5 heteroatoms. The van der Waals surface area contributed by atoms with Crippen molar-refractivity contribution in [2.24, 2.45) is 0 Å². The minimum atomic E-state index is -3.28. The number of hydrogen-bond donors (Lipinski definition) is 0. The lowest BCUT2D eigenvalue weighted by molar-refractivity contribution is 0.0795. The molecule has 0 radical (unpaired) electrons. The lowest BCUT2D eigenvalue weighted by Gasteiger charge is -2.05. The van der Waals surface area contributed by atoms with Crippen molar-refractivity contribution in [1.82, 2.24) is 0 Å². The van der Waals surface area contributed by atoms with Crippen molar-refractivity contribution in [1.29, 1.82) is 0 Å². The summed E-state index contributed by atoms with van der Waals surface area (Å²) in [7, 11) is 0. The van der Waals surface area contributed by atoms with Gasteiger partial charge in [-0.15, -0.1) is 0 Å². The van der Waals surface area contributed by atoms with Gasteiger partial charge in [0.05, 0.1) is 0 Å². The molecule has 0 aromatic rings. The Kier molecular flexibility index (Phi) is 2.88. The average molecular weight is 289 g/mol. The minimum Gasteiger partial charge on any atom is -0.227 e. The van der Waals surface area contributed by atoms with Gasteiger partial charge in [0.15, 0.2) is 0 Å². The average Bonchev–Trinajstić information content (AvgIpc) is 1.31. The van der Waals surface area contributed by atoms with E-state index in [4.69, 9.17) is 0 Å². The molecule has 0 aliphatic heterocycles. The Morgan fingerprint density at radius 1 is 1.57 bits per heavy atom. The molecular weight excluding hydrogens is 288 g/mol. The second-order valence-electron chi connectivity index (χ2n) is 0.842. The van der Waals surface area contributed by atoms with E-state index in [1.165, 1.54) is 0 Å². The Balaban J connectivity index is 3.54. The molecular formula is C2HBrF3I. The molecule has 0 aliphatic carbocycles. The van der Waals surface area contributed by atoms with Gasteiger partial charge in [-0.1, -0.05) is 0 Å². The van der Waals surface area contributed by atoms with Gasteiger partial charge in [-0.05, 0) is 15.9 Å². The van der Waals surface area contributed by atoms with Gasteiger partial charge >= 0.3 is 3.93 Å². The summed E-state index contributed by atoms with van der Waals surface area (Å²) in [5.74, 6) is 0. The van der Waals surface area contributed by atoms with Gasteiger partial charge in [-0.2, -0.15) is 8.78 Å².